The van der Waals surface area contributed by atoms with Crippen LogP contribution in [0, 0.1) is 0 Å². The molecule has 0 atom stereocenters. The Kier molecular flexibility index (Phi) is 2.88. The van der Waals surface area contributed by atoms with Gasteiger partial charge in [0, 0.05) is 25.4 Å². The second-order valence-electron chi connectivity index (χ2n) is 4.39. The second kappa shape index (κ2) is 4.67. The molecule has 1 aromatic heterocycles. The zero-order valence-corrected chi connectivity index (χ0v) is 9.60. The molecule has 0 spiro atoms. The molecule has 1 fully saturated rings. The van der Waals surface area contributed by atoms with Gasteiger partial charge in [0.2, 0.25) is 5.89 Å². The zero-order chi connectivity index (χ0) is 11.5. The van der Waals surface area contributed by atoms with Crippen LogP contribution in [-0.4, -0.2) is 23.2 Å². The fraction of sp³-hybridized carbons (Fsp3) is 0.385. The third-order valence-electron chi connectivity index (χ3n) is 3.10. The average Bonchev–Trinajstić information content (AvgIpc) is 2.74. The Morgan fingerprint density at radius 1 is 1.18 bits per heavy atom. The Hall–Kier alpha value is -1.68. The molecule has 0 radical (unpaired) electrons. The molecule has 0 amide bonds. The van der Waals surface area contributed by atoms with Gasteiger partial charge < -0.3 is 9.84 Å². The van der Waals surface area contributed by atoms with Crippen LogP contribution >= 0.6 is 0 Å². The maximum absolute atomic E-state index is 5.25. The van der Waals surface area contributed by atoms with Crippen molar-refractivity contribution < 1.29 is 4.52 Å². The van der Waals surface area contributed by atoms with Crippen LogP contribution in [0.3, 0.4) is 0 Å². The van der Waals surface area contributed by atoms with Crippen LogP contribution in [0.1, 0.15) is 23.2 Å². The van der Waals surface area contributed by atoms with Crippen molar-refractivity contribution in [3.63, 3.8) is 0 Å². The van der Waals surface area contributed by atoms with Gasteiger partial charge in [0.05, 0.1) is 0 Å². The van der Waals surface area contributed by atoms with Gasteiger partial charge in [-0.2, -0.15) is 4.98 Å². The van der Waals surface area contributed by atoms with E-state index >= 15 is 0 Å². The van der Waals surface area contributed by atoms with Gasteiger partial charge in [0.25, 0.3) is 0 Å². The monoisotopic (exact) mass is 229 g/mol. The molecule has 2 heterocycles. The molecule has 1 aliphatic rings. The molecular formula is C13H15N3O. The van der Waals surface area contributed by atoms with E-state index in [4.69, 9.17) is 4.52 Å². The Bertz CT molecular complexity index is 476. The van der Waals surface area contributed by atoms with Gasteiger partial charge >= 0.3 is 0 Å². The molecule has 0 saturated carbocycles. The van der Waals surface area contributed by atoms with Crippen molar-refractivity contribution in [2.24, 2.45) is 0 Å². The summed E-state index contributed by atoms with van der Waals surface area (Å²) in [4.78, 5) is 4.43. The van der Waals surface area contributed by atoms with E-state index in [1.165, 1.54) is 5.56 Å². The maximum Gasteiger partial charge on any atom is 0.226 e. The lowest BCUT2D eigenvalue weighted by Crippen LogP contribution is -2.40. The molecule has 4 heteroatoms. The Balaban J connectivity index is 1.60. The number of hydrogen-bond acceptors (Lipinski definition) is 4. The van der Waals surface area contributed by atoms with Gasteiger partial charge in [-0.3, -0.25) is 0 Å². The Morgan fingerprint density at radius 2 is 2.00 bits per heavy atom. The summed E-state index contributed by atoms with van der Waals surface area (Å²) in [7, 11) is 0. The van der Waals surface area contributed by atoms with E-state index < -0.39 is 0 Å². The van der Waals surface area contributed by atoms with Gasteiger partial charge in [-0.1, -0.05) is 35.5 Å². The first-order chi connectivity index (χ1) is 8.42. The van der Waals surface area contributed by atoms with Crippen LogP contribution in [0.4, 0.5) is 0 Å². The van der Waals surface area contributed by atoms with E-state index in [0.717, 1.165) is 37.6 Å². The van der Waals surface area contributed by atoms with Crippen LogP contribution in [0.15, 0.2) is 34.9 Å². The van der Waals surface area contributed by atoms with Gasteiger partial charge in [-0.15, -0.1) is 0 Å². The minimum Gasteiger partial charge on any atom is -0.339 e. The van der Waals surface area contributed by atoms with Crippen molar-refractivity contribution in [2.45, 2.75) is 18.8 Å². The summed E-state index contributed by atoms with van der Waals surface area (Å²) in [5.41, 5.74) is 1.30. The molecule has 1 saturated heterocycles. The van der Waals surface area contributed by atoms with Crippen molar-refractivity contribution in [3.05, 3.63) is 47.6 Å². The first-order valence-electron chi connectivity index (χ1n) is 5.99. The summed E-state index contributed by atoms with van der Waals surface area (Å²) < 4.78 is 5.25. The molecular weight excluding hydrogens is 214 g/mol. The lowest BCUT2D eigenvalue weighted by molar-refractivity contribution is 0.356. The first kappa shape index (κ1) is 10.5. The molecule has 88 valence electrons. The number of hydrogen-bond donors (Lipinski definition) is 1. The molecule has 17 heavy (non-hydrogen) atoms. The van der Waals surface area contributed by atoms with Crippen molar-refractivity contribution in [2.75, 3.05) is 13.1 Å². The largest absolute Gasteiger partial charge is 0.339 e. The quantitative estimate of drug-likeness (QED) is 0.864. The fourth-order valence-electron chi connectivity index (χ4n) is 1.90. The SMILES string of the molecule is c1ccc(CCc2nc(C3CNC3)no2)cc1. The summed E-state index contributed by atoms with van der Waals surface area (Å²) in [6.45, 7) is 1.94. The third kappa shape index (κ3) is 2.36. The standard InChI is InChI=1S/C13H15N3O/c1-2-4-10(5-3-1)6-7-12-15-13(16-17-12)11-8-14-9-11/h1-5,11,14H,6-9H2. The van der Waals surface area contributed by atoms with Gasteiger partial charge in [0.1, 0.15) is 0 Å². The van der Waals surface area contributed by atoms with E-state index in [-0.39, 0.29) is 0 Å². The minimum absolute atomic E-state index is 0.448. The topological polar surface area (TPSA) is 51.0 Å². The van der Waals surface area contributed by atoms with Crippen LogP contribution < -0.4 is 5.32 Å². The van der Waals surface area contributed by atoms with Crippen molar-refractivity contribution in [1.82, 2.24) is 15.5 Å². The molecule has 1 N–H and O–H groups in total. The lowest BCUT2D eigenvalue weighted by atomic mass is 10.0. The maximum atomic E-state index is 5.25. The van der Waals surface area contributed by atoms with Crippen molar-refractivity contribution >= 4 is 0 Å². The van der Waals surface area contributed by atoms with E-state index in [1.54, 1.807) is 0 Å². The zero-order valence-electron chi connectivity index (χ0n) is 9.60. The lowest BCUT2D eigenvalue weighted by Gasteiger charge is -2.23. The van der Waals surface area contributed by atoms with E-state index in [9.17, 15) is 0 Å². The Morgan fingerprint density at radius 3 is 2.71 bits per heavy atom. The van der Waals surface area contributed by atoms with E-state index in [1.807, 2.05) is 6.07 Å². The fourth-order valence-corrected chi connectivity index (χ4v) is 1.90. The molecule has 0 bridgehead atoms. The number of benzene rings is 1. The number of rotatable bonds is 4. The Labute approximate surface area is 100 Å². The highest BCUT2D eigenvalue weighted by Gasteiger charge is 2.23. The van der Waals surface area contributed by atoms with E-state index in [0.29, 0.717) is 5.92 Å². The molecule has 3 rings (SSSR count). The summed E-state index contributed by atoms with van der Waals surface area (Å²) in [5, 5.41) is 7.23. The smallest absolute Gasteiger partial charge is 0.226 e. The highest BCUT2D eigenvalue weighted by Crippen LogP contribution is 2.16. The van der Waals surface area contributed by atoms with Crippen molar-refractivity contribution in [1.29, 1.82) is 0 Å². The summed E-state index contributed by atoms with van der Waals surface area (Å²) in [6.07, 6.45) is 1.77. The molecule has 1 aliphatic heterocycles. The van der Waals surface area contributed by atoms with Gasteiger partial charge in [0.15, 0.2) is 5.82 Å². The first-order valence-corrected chi connectivity index (χ1v) is 5.99. The normalized spacial score (nSPS) is 15.8. The predicted molar refractivity (Wildman–Crippen MR) is 63.8 cm³/mol. The highest BCUT2D eigenvalue weighted by molar-refractivity contribution is 5.15. The van der Waals surface area contributed by atoms with Crippen molar-refractivity contribution in [3.8, 4) is 0 Å². The number of nitrogens with one attached hydrogen (secondary N) is 1. The van der Waals surface area contributed by atoms with Crippen LogP contribution in [0.25, 0.3) is 0 Å². The average molecular weight is 229 g/mol. The van der Waals surface area contributed by atoms with E-state index in [2.05, 4.69) is 39.7 Å². The van der Waals surface area contributed by atoms with Crippen LogP contribution in [-0.2, 0) is 12.8 Å². The third-order valence-corrected chi connectivity index (χ3v) is 3.10. The number of aromatic nitrogens is 2. The summed E-state index contributed by atoms with van der Waals surface area (Å²) in [5.74, 6) is 2.05. The summed E-state index contributed by atoms with van der Waals surface area (Å²) >= 11 is 0. The number of aryl methyl sites for hydroxylation is 2. The highest BCUT2D eigenvalue weighted by atomic mass is 16.5. The van der Waals surface area contributed by atoms with Crippen LogP contribution in [0.5, 0.6) is 0 Å². The second-order valence-corrected chi connectivity index (χ2v) is 4.39. The summed E-state index contributed by atoms with van der Waals surface area (Å²) in [6, 6.07) is 10.4. The molecule has 2 aromatic rings. The number of nitrogens with zero attached hydrogens (tertiary/aromatic N) is 2. The minimum atomic E-state index is 0.448. The predicted octanol–water partition coefficient (Wildman–Crippen LogP) is 1.54. The molecule has 0 aliphatic carbocycles. The van der Waals surface area contributed by atoms with Gasteiger partial charge in [-0.05, 0) is 12.0 Å². The van der Waals surface area contributed by atoms with Crippen LogP contribution in [0.2, 0.25) is 0 Å². The molecule has 1 aromatic carbocycles. The molecule has 0 unspecified atom stereocenters. The van der Waals surface area contributed by atoms with Gasteiger partial charge in [-0.25, -0.2) is 0 Å². The molecule has 4 nitrogen and oxygen atoms in total.